The normalized spacial score (nSPS) is 18.1. The van der Waals surface area contributed by atoms with Gasteiger partial charge in [-0.15, -0.1) is 0 Å². The molecule has 2 saturated heterocycles. The second-order valence-corrected chi connectivity index (χ2v) is 10.9. The van der Waals surface area contributed by atoms with Crippen LogP contribution in [-0.2, 0) is 16.1 Å². The van der Waals surface area contributed by atoms with Gasteiger partial charge in [-0.1, -0.05) is 60.7 Å². The van der Waals surface area contributed by atoms with Crippen molar-refractivity contribution in [2.24, 2.45) is 0 Å². The van der Waals surface area contributed by atoms with E-state index in [0.717, 1.165) is 48.3 Å². The summed E-state index contributed by atoms with van der Waals surface area (Å²) in [6.45, 7) is 5.01. The number of hydrogen-bond acceptors (Lipinski definition) is 5. The van der Waals surface area contributed by atoms with Crippen LogP contribution < -0.4 is 10.6 Å². The summed E-state index contributed by atoms with van der Waals surface area (Å²) in [4.78, 5) is 49.0. The molecule has 0 bridgehead atoms. The molecule has 1 amide bonds. The molecule has 206 valence electrons. The lowest BCUT2D eigenvalue weighted by Gasteiger charge is -2.43. The number of hydrogen-bond donors (Lipinski definition) is 1. The van der Waals surface area contributed by atoms with E-state index >= 15 is 0 Å². The average Bonchev–Trinajstić information content (AvgIpc) is 3.44. The Morgan fingerprint density at radius 2 is 1.52 bits per heavy atom. The summed E-state index contributed by atoms with van der Waals surface area (Å²) in [5.74, 6) is -0.0000261. The Kier molecular flexibility index (Phi) is 7.02. The van der Waals surface area contributed by atoms with E-state index in [2.05, 4.69) is 26.9 Å². The molecule has 6 rings (SSSR count). The highest BCUT2D eigenvalue weighted by molar-refractivity contribution is 5.97. The molecule has 2 fully saturated rings. The van der Waals surface area contributed by atoms with Crippen molar-refractivity contribution in [1.29, 1.82) is 0 Å². The lowest BCUT2D eigenvalue weighted by molar-refractivity contribution is -0.140. The van der Waals surface area contributed by atoms with Crippen LogP contribution in [0.4, 0.5) is 5.69 Å². The van der Waals surface area contributed by atoms with Crippen molar-refractivity contribution in [2.45, 2.75) is 44.3 Å². The predicted molar refractivity (Wildman–Crippen MR) is 156 cm³/mol. The number of para-hydroxylation sites is 3. The fraction of sp³-hybridized carbons (Fsp3) is 0.344. The van der Waals surface area contributed by atoms with E-state index in [-0.39, 0.29) is 17.4 Å². The van der Waals surface area contributed by atoms with Crippen molar-refractivity contribution < 1.29 is 9.59 Å². The first-order valence-corrected chi connectivity index (χ1v) is 14.1. The molecule has 1 N–H and O–H groups in total. The fourth-order valence-electron chi connectivity index (χ4n) is 6.55. The third-order valence-electron chi connectivity index (χ3n) is 8.57. The van der Waals surface area contributed by atoms with Gasteiger partial charge in [0, 0.05) is 25.3 Å². The number of nitrogens with one attached hydrogen (secondary N) is 1. The van der Waals surface area contributed by atoms with Crippen LogP contribution >= 0.6 is 0 Å². The summed E-state index contributed by atoms with van der Waals surface area (Å²) in [5, 5.41) is 0. The van der Waals surface area contributed by atoms with E-state index in [1.165, 1.54) is 0 Å². The number of benzene rings is 3. The first kappa shape index (κ1) is 26.1. The molecule has 1 atom stereocenters. The van der Waals surface area contributed by atoms with Crippen LogP contribution in [0.2, 0.25) is 0 Å². The molecule has 40 heavy (non-hydrogen) atoms. The Morgan fingerprint density at radius 1 is 0.875 bits per heavy atom. The number of amides is 1. The monoisotopic (exact) mass is 537 g/mol. The molecule has 3 heterocycles. The lowest BCUT2D eigenvalue weighted by Crippen LogP contribution is -2.56. The highest BCUT2D eigenvalue weighted by atomic mass is 16.2. The van der Waals surface area contributed by atoms with E-state index in [4.69, 9.17) is 0 Å². The van der Waals surface area contributed by atoms with Crippen LogP contribution in [0.25, 0.3) is 11.0 Å². The fourth-order valence-corrected chi connectivity index (χ4v) is 6.55. The van der Waals surface area contributed by atoms with E-state index in [9.17, 15) is 14.4 Å². The van der Waals surface area contributed by atoms with E-state index in [1.54, 1.807) is 11.8 Å². The summed E-state index contributed by atoms with van der Waals surface area (Å²) in [6, 6.07) is 26.9. The topological polar surface area (TPSA) is 81.7 Å². The third kappa shape index (κ3) is 4.62. The molecule has 4 aromatic rings. The number of ketones is 1. The minimum Gasteiger partial charge on any atom is -0.339 e. The van der Waals surface area contributed by atoms with Gasteiger partial charge in [0.15, 0.2) is 5.78 Å². The van der Waals surface area contributed by atoms with Gasteiger partial charge in [0.25, 0.3) is 5.91 Å². The lowest BCUT2D eigenvalue weighted by atomic mass is 9.85. The van der Waals surface area contributed by atoms with Gasteiger partial charge in [-0.25, -0.2) is 4.79 Å². The molecule has 0 unspecified atom stereocenters. The van der Waals surface area contributed by atoms with Crippen molar-refractivity contribution >= 4 is 28.4 Å². The summed E-state index contributed by atoms with van der Waals surface area (Å²) in [6.07, 6.45) is 2.21. The van der Waals surface area contributed by atoms with E-state index in [1.807, 2.05) is 77.4 Å². The molecule has 2 aliphatic rings. The first-order valence-electron chi connectivity index (χ1n) is 14.1. The molecule has 8 nitrogen and oxygen atoms in total. The van der Waals surface area contributed by atoms with Crippen LogP contribution in [0.15, 0.2) is 89.7 Å². The minimum atomic E-state index is -0.686. The predicted octanol–water partition coefficient (Wildman–Crippen LogP) is 4.19. The number of likely N-dealkylation sites (tertiary alicyclic amines) is 1. The summed E-state index contributed by atoms with van der Waals surface area (Å²) >= 11 is 0. The molecular weight excluding hydrogens is 502 g/mol. The zero-order chi connectivity index (χ0) is 27.7. The number of anilines is 1. The van der Waals surface area contributed by atoms with Gasteiger partial charge in [-0.2, -0.15) is 0 Å². The van der Waals surface area contributed by atoms with Crippen LogP contribution in [0, 0.1) is 0 Å². The van der Waals surface area contributed by atoms with Crippen molar-refractivity contribution in [3.05, 3.63) is 101 Å². The highest BCUT2D eigenvalue weighted by Crippen LogP contribution is 2.42. The number of piperidine rings is 1. The Balaban J connectivity index is 1.19. The highest BCUT2D eigenvalue weighted by Gasteiger charge is 2.55. The molecule has 0 radical (unpaired) electrons. The quantitative estimate of drug-likeness (QED) is 0.365. The Labute approximate surface area is 233 Å². The van der Waals surface area contributed by atoms with Crippen LogP contribution in [0.1, 0.15) is 37.8 Å². The van der Waals surface area contributed by atoms with Gasteiger partial charge in [0.1, 0.15) is 11.6 Å². The van der Waals surface area contributed by atoms with Gasteiger partial charge >= 0.3 is 5.69 Å². The number of aromatic nitrogens is 2. The van der Waals surface area contributed by atoms with Gasteiger partial charge < -0.3 is 19.7 Å². The van der Waals surface area contributed by atoms with E-state index in [0.29, 0.717) is 26.1 Å². The van der Waals surface area contributed by atoms with Crippen molar-refractivity contribution in [1.82, 2.24) is 19.4 Å². The Hall–Kier alpha value is -4.17. The third-order valence-corrected chi connectivity index (χ3v) is 8.57. The Bertz CT molecular complexity index is 1550. The second kappa shape index (κ2) is 10.8. The minimum absolute atomic E-state index is 0.0328. The Morgan fingerprint density at radius 3 is 2.23 bits per heavy atom. The van der Waals surface area contributed by atoms with Crippen molar-refractivity contribution in [3.8, 4) is 0 Å². The standard InChI is InChI=1S/C32H35N5O3/c1-24(38)29(25-11-4-2-5-12-25)36-23-37(26-13-6-3-7-14-26)32(30(36)39)17-21-34(22-18-32)19-10-20-35-28-16-9-8-15-27(28)33-31(35)40/h2-9,11-16,29H,10,17-23H2,1H3,(H,33,40)/t29-/m0/s1. The number of nitrogens with zero attached hydrogens (tertiary/aromatic N) is 4. The SMILES string of the molecule is CC(=O)[C@@H](c1ccccc1)N1CN(c2ccccc2)C2(CCN(CCCn3c(=O)[nH]c4ccccc43)CC2)C1=O. The number of Topliss-reactive ketones (excluding diaryl/α,β-unsaturated/α-hetero) is 1. The van der Waals surface area contributed by atoms with Crippen molar-refractivity contribution in [3.63, 3.8) is 0 Å². The number of rotatable bonds is 8. The maximum atomic E-state index is 14.3. The molecule has 3 aromatic carbocycles. The van der Waals surface area contributed by atoms with Gasteiger partial charge in [0.2, 0.25) is 0 Å². The number of carbonyl (C=O) groups excluding carboxylic acids is 2. The first-order chi connectivity index (χ1) is 19.5. The number of carbonyl (C=O) groups is 2. The number of aryl methyl sites for hydroxylation is 1. The number of aromatic amines is 1. The van der Waals surface area contributed by atoms with Gasteiger partial charge in [0.05, 0.1) is 17.7 Å². The molecule has 1 spiro atoms. The molecule has 1 aromatic heterocycles. The zero-order valence-corrected chi connectivity index (χ0v) is 22.8. The van der Waals surface area contributed by atoms with Gasteiger partial charge in [-0.3, -0.25) is 14.2 Å². The number of H-pyrrole nitrogens is 1. The average molecular weight is 538 g/mol. The molecular formula is C32H35N5O3. The van der Waals surface area contributed by atoms with Crippen LogP contribution in [-0.4, -0.2) is 62.9 Å². The van der Waals surface area contributed by atoms with Crippen molar-refractivity contribution in [2.75, 3.05) is 31.2 Å². The summed E-state index contributed by atoms with van der Waals surface area (Å²) in [7, 11) is 0. The van der Waals surface area contributed by atoms with Gasteiger partial charge in [-0.05, 0) is 62.6 Å². The molecule has 8 heteroatoms. The zero-order valence-electron chi connectivity index (χ0n) is 22.8. The summed E-state index contributed by atoms with van der Waals surface area (Å²) < 4.78 is 1.81. The molecule has 0 saturated carbocycles. The molecule has 0 aliphatic carbocycles. The largest absolute Gasteiger partial charge is 0.339 e. The van der Waals surface area contributed by atoms with Crippen LogP contribution in [0.3, 0.4) is 0 Å². The second-order valence-electron chi connectivity index (χ2n) is 10.9. The smallest absolute Gasteiger partial charge is 0.326 e. The maximum Gasteiger partial charge on any atom is 0.326 e. The van der Waals surface area contributed by atoms with Crippen LogP contribution in [0.5, 0.6) is 0 Å². The summed E-state index contributed by atoms with van der Waals surface area (Å²) in [5.41, 5.74) is 2.87. The molecule has 2 aliphatic heterocycles. The maximum absolute atomic E-state index is 14.3. The number of fused-ring (bicyclic) bond motifs is 1. The van der Waals surface area contributed by atoms with E-state index < -0.39 is 11.6 Å². The number of imidazole rings is 1.